The number of carbonyl (C=O) groups is 2. The van der Waals surface area contributed by atoms with E-state index in [-0.39, 0.29) is 12.1 Å². The van der Waals surface area contributed by atoms with Crippen molar-refractivity contribution < 1.29 is 19.4 Å². The molecule has 0 rings (SSSR count). The Labute approximate surface area is 103 Å². The zero-order valence-corrected chi connectivity index (χ0v) is 12.2. The van der Waals surface area contributed by atoms with Crippen molar-refractivity contribution >= 4 is 19.2 Å². The summed E-state index contributed by atoms with van der Waals surface area (Å²) < 4.78 is 12.3. The van der Waals surface area contributed by atoms with Gasteiger partial charge in [0.15, 0.2) is 12.1 Å². The Balaban J connectivity index is 5.70. The molecule has 0 heterocycles. The van der Waals surface area contributed by atoms with E-state index in [4.69, 9.17) is 5.21 Å². The van der Waals surface area contributed by atoms with E-state index in [1.165, 1.54) is 0 Å². The average molecular weight is 264 g/mol. The van der Waals surface area contributed by atoms with Crippen LogP contribution >= 0.6 is 7.14 Å². The molecular formula is C11H23NO4P+. The second kappa shape index (κ2) is 5.01. The summed E-state index contributed by atoms with van der Waals surface area (Å²) in [6, 6.07) is 0.423. The van der Waals surface area contributed by atoms with Crippen LogP contribution in [0.4, 0.5) is 0 Å². The molecule has 0 aromatic heterocycles. The predicted molar refractivity (Wildman–Crippen MR) is 69.6 cm³/mol. The van der Waals surface area contributed by atoms with Gasteiger partial charge < -0.3 is 9.77 Å². The lowest BCUT2D eigenvalue weighted by atomic mass is 9.94. The zero-order valence-electron chi connectivity index (χ0n) is 11.4. The van der Waals surface area contributed by atoms with Gasteiger partial charge in [0.2, 0.25) is 7.14 Å². The maximum Gasteiger partial charge on any atom is 0.228 e. The summed E-state index contributed by atoms with van der Waals surface area (Å²) in [7, 11) is -3.69. The highest BCUT2D eigenvalue weighted by atomic mass is 31.2. The first-order valence-corrected chi connectivity index (χ1v) is 7.34. The van der Waals surface area contributed by atoms with Crippen molar-refractivity contribution in [3.63, 3.8) is 0 Å². The highest BCUT2D eigenvalue weighted by Gasteiger charge is 2.50. The summed E-state index contributed by atoms with van der Waals surface area (Å²) in [6.07, 6.45) is 0. The van der Waals surface area contributed by atoms with E-state index in [1.54, 1.807) is 41.5 Å². The van der Waals surface area contributed by atoms with E-state index in [2.05, 4.69) is 0 Å². The van der Waals surface area contributed by atoms with E-state index in [0.29, 0.717) is 0 Å². The zero-order chi connectivity index (χ0) is 14.1. The van der Waals surface area contributed by atoms with Crippen molar-refractivity contribution in [2.24, 2.45) is 5.41 Å². The lowest BCUT2D eigenvalue weighted by Gasteiger charge is -2.39. The van der Waals surface area contributed by atoms with Crippen LogP contribution in [0.5, 0.6) is 0 Å². The number of hydrogen-bond donors (Lipinski definition) is 0. The molecule has 1 unspecified atom stereocenters. The van der Waals surface area contributed by atoms with Crippen molar-refractivity contribution in [2.45, 2.75) is 52.9 Å². The Hall–Kier alpha value is -0.510. The monoisotopic (exact) mass is 264 g/mol. The minimum Gasteiger partial charge on any atom is -0.338 e. The van der Waals surface area contributed by atoms with Crippen molar-refractivity contribution in [3.8, 4) is 0 Å². The third kappa shape index (κ3) is 3.73. The van der Waals surface area contributed by atoms with Gasteiger partial charge in [-0.3, -0.25) is 9.59 Å². The van der Waals surface area contributed by atoms with E-state index < -0.39 is 23.9 Å². The molecule has 0 saturated carbocycles. The second-order valence-corrected chi connectivity index (χ2v) is 8.69. The molecule has 0 bridgehead atoms. The van der Waals surface area contributed by atoms with Crippen molar-refractivity contribution in [1.82, 2.24) is 5.06 Å². The Morgan fingerprint density at radius 3 is 1.59 bits per heavy atom. The Morgan fingerprint density at radius 1 is 1.06 bits per heavy atom. The summed E-state index contributed by atoms with van der Waals surface area (Å²) in [5.74, 6) is -0.912. The fourth-order valence-electron chi connectivity index (χ4n) is 1.68. The minimum atomic E-state index is -3.69. The molecule has 17 heavy (non-hydrogen) atoms. The maximum absolute atomic E-state index is 12.3. The number of carbonyl (C=O) groups excluding carboxylic acids is 2. The molecule has 0 aromatic carbocycles. The Kier molecular flexibility index (Phi) is 4.86. The SMILES string of the molecule is CC(C)(C)C(N([OH2+])C(C)(C)C)P(=O)(C=O)C=O. The molecule has 1 atom stereocenters. The van der Waals surface area contributed by atoms with Gasteiger partial charge in [0.1, 0.15) is 5.78 Å². The van der Waals surface area contributed by atoms with Crippen LogP contribution in [0.1, 0.15) is 41.5 Å². The molecule has 5 nitrogen and oxygen atoms in total. The van der Waals surface area contributed by atoms with Gasteiger partial charge in [-0.1, -0.05) is 25.8 Å². The molecule has 0 aliphatic heterocycles. The van der Waals surface area contributed by atoms with Crippen LogP contribution in [0.15, 0.2) is 0 Å². The van der Waals surface area contributed by atoms with Crippen LogP contribution in [0.3, 0.4) is 0 Å². The molecule has 6 heteroatoms. The predicted octanol–water partition coefficient (Wildman–Crippen LogP) is 1.84. The third-order valence-corrected chi connectivity index (χ3v) is 4.88. The van der Waals surface area contributed by atoms with Crippen LogP contribution in [0, 0.1) is 5.41 Å². The average Bonchev–Trinajstić information content (AvgIpc) is 2.14. The first-order chi connectivity index (χ1) is 7.40. The molecular weight excluding hydrogens is 241 g/mol. The second-order valence-electron chi connectivity index (χ2n) is 6.25. The lowest BCUT2D eigenvalue weighted by Crippen LogP contribution is -2.51. The third-order valence-electron chi connectivity index (χ3n) is 2.45. The number of hydrogen-bond acceptors (Lipinski definition) is 4. The van der Waals surface area contributed by atoms with Crippen molar-refractivity contribution in [3.05, 3.63) is 0 Å². The van der Waals surface area contributed by atoms with E-state index in [9.17, 15) is 14.2 Å². The summed E-state index contributed by atoms with van der Waals surface area (Å²) in [5, 5.41) is 9.15. The quantitative estimate of drug-likeness (QED) is 0.336. The van der Waals surface area contributed by atoms with E-state index in [0.717, 1.165) is 5.06 Å². The Bertz CT molecular complexity index is 328. The molecule has 0 saturated heterocycles. The van der Waals surface area contributed by atoms with Crippen LogP contribution in [0.2, 0.25) is 0 Å². The molecule has 0 fully saturated rings. The first kappa shape index (κ1) is 16.5. The van der Waals surface area contributed by atoms with Crippen molar-refractivity contribution in [2.75, 3.05) is 0 Å². The largest absolute Gasteiger partial charge is 0.338 e. The van der Waals surface area contributed by atoms with Crippen LogP contribution in [-0.2, 0) is 14.2 Å². The number of nitrogens with zero attached hydrogens (tertiary/aromatic N) is 1. The molecule has 0 radical (unpaired) electrons. The molecule has 0 amide bonds. The number of hydroxylamine groups is 2. The van der Waals surface area contributed by atoms with Gasteiger partial charge in [-0.25, -0.2) is 0 Å². The van der Waals surface area contributed by atoms with Gasteiger partial charge in [-0.05, 0) is 26.2 Å². The topological polar surface area (TPSA) is 77.3 Å². The lowest BCUT2D eigenvalue weighted by molar-refractivity contribution is -0.185. The normalized spacial score (nSPS) is 15.8. The van der Waals surface area contributed by atoms with Gasteiger partial charge in [-0.15, -0.1) is 0 Å². The van der Waals surface area contributed by atoms with E-state index in [1.807, 2.05) is 0 Å². The first-order valence-electron chi connectivity index (χ1n) is 5.42. The molecule has 100 valence electrons. The highest BCUT2D eigenvalue weighted by Crippen LogP contribution is 2.54. The van der Waals surface area contributed by atoms with Crippen molar-refractivity contribution in [1.29, 1.82) is 0 Å². The van der Waals surface area contributed by atoms with Crippen LogP contribution in [0.25, 0.3) is 0 Å². The van der Waals surface area contributed by atoms with Gasteiger partial charge in [0, 0.05) is 0 Å². The fourth-order valence-corrected chi connectivity index (χ4v) is 3.88. The summed E-state index contributed by atoms with van der Waals surface area (Å²) >= 11 is 0. The van der Waals surface area contributed by atoms with Gasteiger partial charge in [-0.2, -0.15) is 0 Å². The molecule has 0 aliphatic rings. The standard InChI is InChI=1S/C11H22NO4P/c1-10(2,3)9(12(15)11(4,5)6)17(16,7-13)8-14/h7-9,15H,1-6H3/p+1. The summed E-state index contributed by atoms with van der Waals surface area (Å²) in [6.45, 7) is 10.6. The fraction of sp³-hybridized carbons (Fsp3) is 0.818. The smallest absolute Gasteiger partial charge is 0.228 e. The van der Waals surface area contributed by atoms with E-state index >= 15 is 0 Å². The maximum atomic E-state index is 12.3. The minimum absolute atomic E-state index is 0.212. The number of rotatable bonds is 4. The highest BCUT2D eigenvalue weighted by molar-refractivity contribution is 7.91. The molecule has 0 spiro atoms. The van der Waals surface area contributed by atoms with Gasteiger partial charge in [0.05, 0.1) is 5.54 Å². The Morgan fingerprint density at radius 2 is 1.41 bits per heavy atom. The van der Waals surface area contributed by atoms with Gasteiger partial charge >= 0.3 is 0 Å². The molecule has 2 N–H and O–H groups in total. The molecule has 0 aromatic rings. The van der Waals surface area contributed by atoms with Gasteiger partial charge in [0.25, 0.3) is 0 Å². The summed E-state index contributed by atoms with van der Waals surface area (Å²) in [4.78, 5) is 21.9. The van der Waals surface area contributed by atoms with Crippen LogP contribution in [-0.4, -0.2) is 33.6 Å². The molecule has 0 aliphatic carbocycles. The summed E-state index contributed by atoms with van der Waals surface area (Å²) in [5.41, 5.74) is -1.20. The van der Waals surface area contributed by atoms with Crippen LogP contribution < -0.4 is 0 Å².